The molecule has 0 aromatic heterocycles. The van der Waals surface area contributed by atoms with Gasteiger partial charge in [0.1, 0.15) is 40.4 Å². The second kappa shape index (κ2) is 15.2. The van der Waals surface area contributed by atoms with E-state index in [1.54, 1.807) is 6.08 Å². The zero-order chi connectivity index (χ0) is 34.4. The van der Waals surface area contributed by atoms with E-state index in [0.29, 0.717) is 30.8 Å². The van der Waals surface area contributed by atoms with Crippen molar-refractivity contribution in [3.63, 3.8) is 0 Å². The summed E-state index contributed by atoms with van der Waals surface area (Å²) in [4.78, 5) is 0. The molecule has 4 aromatic rings. The van der Waals surface area contributed by atoms with E-state index in [4.69, 9.17) is 14.2 Å². The number of alkyl halides is 2. The molecule has 0 unspecified atom stereocenters. The molecule has 0 atom stereocenters. The van der Waals surface area contributed by atoms with Crippen molar-refractivity contribution in [1.29, 1.82) is 0 Å². The third-order valence-corrected chi connectivity index (χ3v) is 8.02. The maximum absolute atomic E-state index is 15.1. The van der Waals surface area contributed by atoms with Gasteiger partial charge in [-0.2, -0.15) is 8.78 Å². The highest BCUT2D eigenvalue weighted by molar-refractivity contribution is 5.71. The number of hydrogen-bond donors (Lipinski definition) is 0. The lowest BCUT2D eigenvalue weighted by atomic mass is 9.97. The van der Waals surface area contributed by atoms with Crippen LogP contribution in [-0.4, -0.2) is 13.2 Å². The van der Waals surface area contributed by atoms with Crippen LogP contribution in [0.1, 0.15) is 49.2 Å². The van der Waals surface area contributed by atoms with Gasteiger partial charge in [-0.25, -0.2) is 22.0 Å². The van der Waals surface area contributed by atoms with Gasteiger partial charge in [0.2, 0.25) is 0 Å². The largest absolute Gasteiger partial charge is 0.432 e. The van der Waals surface area contributed by atoms with Gasteiger partial charge in [0.15, 0.2) is 6.29 Å². The molecule has 0 radical (unpaired) electrons. The molecule has 10 heteroatoms. The summed E-state index contributed by atoms with van der Waals surface area (Å²) >= 11 is 0. The van der Waals surface area contributed by atoms with Crippen LogP contribution in [0.2, 0.25) is 0 Å². The predicted molar refractivity (Wildman–Crippen MR) is 169 cm³/mol. The molecule has 1 aliphatic rings. The van der Waals surface area contributed by atoms with E-state index in [1.807, 2.05) is 19.1 Å². The van der Waals surface area contributed by atoms with Crippen molar-refractivity contribution in [2.24, 2.45) is 5.92 Å². The number of halogens is 7. The van der Waals surface area contributed by atoms with Crippen LogP contribution in [0.3, 0.4) is 0 Å². The van der Waals surface area contributed by atoms with E-state index in [0.717, 1.165) is 55.3 Å². The first-order valence-corrected chi connectivity index (χ1v) is 15.4. The Morgan fingerprint density at radius 3 is 1.96 bits per heavy atom. The highest BCUT2D eigenvalue weighted by Gasteiger charge is 2.42. The van der Waals surface area contributed by atoms with Gasteiger partial charge in [0.25, 0.3) is 0 Å². The van der Waals surface area contributed by atoms with Gasteiger partial charge < -0.3 is 14.2 Å². The molecule has 1 aliphatic heterocycles. The van der Waals surface area contributed by atoms with Gasteiger partial charge in [-0.1, -0.05) is 42.5 Å². The third kappa shape index (κ3) is 7.99. The first kappa shape index (κ1) is 34.9. The second-order valence-electron chi connectivity index (χ2n) is 11.5. The number of rotatable bonds is 12. The predicted octanol–water partition coefficient (Wildman–Crippen LogP) is 11.0. The summed E-state index contributed by atoms with van der Waals surface area (Å²) in [7, 11) is 0. The zero-order valence-corrected chi connectivity index (χ0v) is 26.1. The van der Waals surface area contributed by atoms with E-state index >= 15 is 13.2 Å². The Labute approximate surface area is 274 Å². The van der Waals surface area contributed by atoms with Crippen molar-refractivity contribution in [1.82, 2.24) is 0 Å². The van der Waals surface area contributed by atoms with Crippen LogP contribution in [-0.2, 0) is 22.0 Å². The summed E-state index contributed by atoms with van der Waals surface area (Å²) in [5.41, 5.74) is -1.05. The summed E-state index contributed by atoms with van der Waals surface area (Å²) in [6.07, 6.45) is 2.13. The Balaban J connectivity index is 1.27. The van der Waals surface area contributed by atoms with Crippen LogP contribution < -0.4 is 4.74 Å². The molecule has 0 amide bonds. The summed E-state index contributed by atoms with van der Waals surface area (Å²) in [6.45, 7) is 6.04. The van der Waals surface area contributed by atoms with E-state index in [1.165, 1.54) is 24.3 Å². The Morgan fingerprint density at radius 2 is 1.38 bits per heavy atom. The topological polar surface area (TPSA) is 27.7 Å². The monoisotopic (exact) mass is 670 g/mol. The molecule has 0 spiro atoms. The Morgan fingerprint density at radius 1 is 0.771 bits per heavy atom. The lowest BCUT2D eigenvalue weighted by molar-refractivity contribution is -0.206. The molecule has 0 bridgehead atoms. The summed E-state index contributed by atoms with van der Waals surface area (Å²) in [5, 5.41) is 0. The minimum atomic E-state index is -4.39. The lowest BCUT2D eigenvalue weighted by Crippen LogP contribution is -2.28. The molecule has 252 valence electrons. The van der Waals surface area contributed by atoms with Gasteiger partial charge >= 0.3 is 6.11 Å². The maximum Gasteiger partial charge on any atom is 0.432 e. The Bertz CT molecular complexity index is 1730. The number of hydrogen-bond acceptors (Lipinski definition) is 3. The van der Waals surface area contributed by atoms with Crippen molar-refractivity contribution in [3.8, 4) is 28.0 Å². The molecule has 5 rings (SSSR count). The average molecular weight is 671 g/mol. The molecule has 48 heavy (non-hydrogen) atoms. The SMILES string of the molecule is C=CCCc1c(F)cc(-c2ccc(-c3ccc(OC(F)(F)c4c(F)cc(C5OCC(CC/C=C/C)CO5)cc4F)cc3)cc2F)cc1F. The minimum Gasteiger partial charge on any atom is -0.429 e. The van der Waals surface area contributed by atoms with Gasteiger partial charge in [0, 0.05) is 22.6 Å². The fourth-order valence-electron chi connectivity index (χ4n) is 5.49. The van der Waals surface area contributed by atoms with Crippen LogP contribution in [0, 0.1) is 35.0 Å². The van der Waals surface area contributed by atoms with Crippen LogP contribution in [0.5, 0.6) is 5.75 Å². The van der Waals surface area contributed by atoms with E-state index in [-0.39, 0.29) is 34.6 Å². The molecule has 4 aromatic carbocycles. The average Bonchev–Trinajstić information content (AvgIpc) is 3.04. The maximum atomic E-state index is 15.1. The zero-order valence-electron chi connectivity index (χ0n) is 26.1. The van der Waals surface area contributed by atoms with E-state index in [9.17, 15) is 17.6 Å². The molecule has 1 heterocycles. The summed E-state index contributed by atoms with van der Waals surface area (Å²) < 4.78 is 120. The standard InChI is InChI=1S/C38H33F7O3/c1-3-5-7-8-23-21-46-37(47-22-23)27-19-34(42)36(35(43)20-27)38(44,45)48-28-13-10-24(11-14-28)25-12-15-29(31(39)16-25)26-17-32(40)30(9-6-4-2)33(41)18-26/h3-5,10-20,23,37H,2,6-9,21-22H2,1H3/b5-3+. The first-order chi connectivity index (χ1) is 23.0. The highest BCUT2D eigenvalue weighted by Crippen LogP contribution is 2.38. The van der Waals surface area contributed by atoms with Crippen molar-refractivity contribution in [2.75, 3.05) is 13.2 Å². The summed E-state index contributed by atoms with van der Waals surface area (Å²) in [5.74, 6) is -5.73. The number of benzene rings is 4. The fraction of sp³-hybridized carbons (Fsp3) is 0.263. The van der Waals surface area contributed by atoms with Crippen molar-refractivity contribution in [2.45, 2.75) is 45.0 Å². The van der Waals surface area contributed by atoms with Crippen molar-refractivity contribution in [3.05, 3.63) is 137 Å². The van der Waals surface area contributed by atoms with Crippen molar-refractivity contribution < 1.29 is 44.9 Å². The van der Waals surface area contributed by atoms with Gasteiger partial charge in [-0.15, -0.1) is 6.58 Å². The summed E-state index contributed by atoms with van der Waals surface area (Å²) in [6, 6.07) is 12.6. The van der Waals surface area contributed by atoms with E-state index in [2.05, 4.69) is 6.58 Å². The molecule has 3 nitrogen and oxygen atoms in total. The highest BCUT2D eigenvalue weighted by atomic mass is 19.3. The molecular weight excluding hydrogens is 637 g/mol. The fourth-order valence-corrected chi connectivity index (χ4v) is 5.49. The smallest absolute Gasteiger partial charge is 0.429 e. The first-order valence-electron chi connectivity index (χ1n) is 15.4. The van der Waals surface area contributed by atoms with Gasteiger partial charge in [-0.05, 0) is 91.8 Å². The normalized spacial score (nSPS) is 16.8. The van der Waals surface area contributed by atoms with Crippen LogP contribution in [0.15, 0.2) is 91.5 Å². The van der Waals surface area contributed by atoms with Crippen LogP contribution >= 0.6 is 0 Å². The molecular formula is C38H33F7O3. The molecule has 0 saturated carbocycles. The van der Waals surface area contributed by atoms with Crippen LogP contribution in [0.25, 0.3) is 22.3 Å². The third-order valence-electron chi connectivity index (χ3n) is 8.02. The number of ether oxygens (including phenoxy) is 3. The molecule has 0 N–H and O–H groups in total. The minimum absolute atomic E-state index is 0.0120. The molecule has 0 aliphatic carbocycles. The van der Waals surface area contributed by atoms with E-state index < -0.39 is 52.8 Å². The second-order valence-corrected chi connectivity index (χ2v) is 11.5. The van der Waals surface area contributed by atoms with Gasteiger partial charge in [-0.3, -0.25) is 0 Å². The van der Waals surface area contributed by atoms with Crippen LogP contribution in [0.4, 0.5) is 30.7 Å². The van der Waals surface area contributed by atoms with Gasteiger partial charge in [0.05, 0.1) is 13.2 Å². The lowest BCUT2D eigenvalue weighted by Gasteiger charge is -2.30. The Kier molecular flexibility index (Phi) is 11.1. The quantitative estimate of drug-likeness (QED) is 0.111. The Hall–Kier alpha value is -4.41. The van der Waals surface area contributed by atoms with Crippen molar-refractivity contribution >= 4 is 0 Å². The number of allylic oxidation sites excluding steroid dienone is 3. The molecule has 1 saturated heterocycles. The molecule has 1 fully saturated rings.